The Morgan fingerprint density at radius 3 is 2.59 bits per heavy atom. The van der Waals surface area contributed by atoms with Crippen molar-refractivity contribution in [2.75, 3.05) is 13.1 Å². The van der Waals surface area contributed by atoms with E-state index in [2.05, 4.69) is 9.97 Å². The molecule has 6 nitrogen and oxygen atoms in total. The number of nitrogens with zero attached hydrogens (tertiary/aromatic N) is 5. The Labute approximate surface area is 170 Å². The van der Waals surface area contributed by atoms with E-state index in [1.54, 1.807) is 6.33 Å². The van der Waals surface area contributed by atoms with Crippen molar-refractivity contribution in [2.24, 2.45) is 5.92 Å². The topological polar surface area (TPSA) is 56.1 Å². The smallest absolute Gasteiger partial charge is 0.182 e. The molecule has 1 aliphatic rings. The highest BCUT2D eigenvalue weighted by atomic mass is 16.5. The molecule has 3 heterocycles. The molecule has 1 atom stereocenters. The molecule has 0 unspecified atom stereocenters. The van der Waals surface area contributed by atoms with Gasteiger partial charge >= 0.3 is 0 Å². The summed E-state index contributed by atoms with van der Waals surface area (Å²) in [5.74, 6) is 2.08. The van der Waals surface area contributed by atoms with Gasteiger partial charge in [-0.25, -0.2) is 14.6 Å². The van der Waals surface area contributed by atoms with E-state index in [4.69, 9.17) is 17.8 Å². The van der Waals surface area contributed by atoms with Gasteiger partial charge in [0.05, 0.1) is 5.39 Å². The summed E-state index contributed by atoms with van der Waals surface area (Å²) >= 11 is 0. The van der Waals surface area contributed by atoms with Crippen molar-refractivity contribution >= 4 is 19.0 Å². The lowest BCUT2D eigenvalue weighted by Gasteiger charge is -2.11. The molecule has 2 aromatic carbocycles. The van der Waals surface area contributed by atoms with E-state index in [9.17, 15) is 0 Å². The molecule has 2 aromatic heterocycles. The van der Waals surface area contributed by atoms with Crippen LogP contribution in [-0.4, -0.2) is 45.6 Å². The molecule has 4 aromatic rings. The number of para-hydroxylation sites is 1. The highest BCUT2D eigenvalue weighted by Crippen LogP contribution is 2.30. The van der Waals surface area contributed by atoms with Crippen LogP contribution in [0.25, 0.3) is 22.3 Å². The zero-order chi connectivity index (χ0) is 19.6. The van der Waals surface area contributed by atoms with Gasteiger partial charge in [-0.2, -0.15) is 5.10 Å². The molecule has 2 radical (unpaired) electrons. The van der Waals surface area contributed by atoms with Gasteiger partial charge in [0.1, 0.15) is 23.5 Å². The number of benzene rings is 2. The fraction of sp³-hybridized carbons (Fsp3) is 0.227. The predicted molar refractivity (Wildman–Crippen MR) is 113 cm³/mol. The monoisotopic (exact) mass is 381 g/mol. The third kappa shape index (κ3) is 3.73. The summed E-state index contributed by atoms with van der Waals surface area (Å²) < 4.78 is 7.88. The Hall–Kier alpha value is -3.19. The first-order valence-corrected chi connectivity index (χ1v) is 9.76. The average Bonchev–Trinajstić information content (AvgIpc) is 3.33. The van der Waals surface area contributed by atoms with Crippen LogP contribution in [0.5, 0.6) is 11.5 Å². The molecule has 1 fully saturated rings. The van der Waals surface area contributed by atoms with Gasteiger partial charge in [0.25, 0.3) is 0 Å². The molecular formula is C22H20BN5O. The Kier molecular flexibility index (Phi) is 4.73. The molecule has 0 amide bonds. The minimum atomic E-state index is 0.479. The second kappa shape index (κ2) is 7.68. The van der Waals surface area contributed by atoms with Gasteiger partial charge in [-0.05, 0) is 61.8 Å². The van der Waals surface area contributed by atoms with Crippen LogP contribution in [0.15, 0.2) is 67.1 Å². The molecule has 0 spiro atoms. The van der Waals surface area contributed by atoms with Crippen molar-refractivity contribution in [2.45, 2.75) is 13.0 Å². The number of rotatable bonds is 5. The molecule has 29 heavy (non-hydrogen) atoms. The Balaban J connectivity index is 1.44. The third-order valence-corrected chi connectivity index (χ3v) is 5.27. The van der Waals surface area contributed by atoms with E-state index in [-0.39, 0.29) is 0 Å². The summed E-state index contributed by atoms with van der Waals surface area (Å²) in [6.45, 7) is 2.61. The number of ether oxygens (including phenoxy) is 1. The van der Waals surface area contributed by atoms with Crippen LogP contribution in [-0.2, 0) is 6.54 Å². The molecular weight excluding hydrogens is 361 g/mol. The van der Waals surface area contributed by atoms with Gasteiger partial charge in [0.2, 0.25) is 0 Å². The lowest BCUT2D eigenvalue weighted by molar-refractivity contribution is 0.433. The molecule has 0 bridgehead atoms. The standard InChI is InChI=1S/C22H20BN5O/c23-27-11-10-16(13-27)14-28-22-20(12-24-15-25-22)21(26-28)17-6-8-19(9-7-17)29-18-4-2-1-3-5-18/h1-9,12,15-16H,10-11,13-14H2/t16-/m1/s1. The fourth-order valence-corrected chi connectivity index (χ4v) is 3.82. The van der Waals surface area contributed by atoms with Crippen molar-refractivity contribution in [1.29, 1.82) is 0 Å². The predicted octanol–water partition coefficient (Wildman–Crippen LogP) is 3.69. The zero-order valence-electron chi connectivity index (χ0n) is 16.0. The molecule has 142 valence electrons. The van der Waals surface area contributed by atoms with Gasteiger partial charge < -0.3 is 9.55 Å². The summed E-state index contributed by atoms with van der Waals surface area (Å²) in [5, 5.41) is 5.83. The molecule has 0 saturated carbocycles. The summed E-state index contributed by atoms with van der Waals surface area (Å²) in [6.07, 6.45) is 4.48. The van der Waals surface area contributed by atoms with Crippen LogP contribution in [0.1, 0.15) is 6.42 Å². The van der Waals surface area contributed by atoms with Crippen molar-refractivity contribution in [3.8, 4) is 22.8 Å². The van der Waals surface area contributed by atoms with Crippen LogP contribution in [0.3, 0.4) is 0 Å². The van der Waals surface area contributed by atoms with Crippen LogP contribution in [0.4, 0.5) is 0 Å². The first kappa shape index (κ1) is 17.9. The summed E-state index contributed by atoms with van der Waals surface area (Å²) in [7, 11) is 5.92. The highest BCUT2D eigenvalue weighted by Gasteiger charge is 2.22. The molecule has 0 N–H and O–H groups in total. The number of aromatic nitrogens is 4. The quantitative estimate of drug-likeness (QED) is 0.494. The number of hydrogen-bond acceptors (Lipinski definition) is 5. The van der Waals surface area contributed by atoms with Crippen molar-refractivity contribution < 1.29 is 4.74 Å². The van der Waals surface area contributed by atoms with E-state index in [0.29, 0.717) is 5.92 Å². The van der Waals surface area contributed by atoms with Crippen molar-refractivity contribution in [1.82, 2.24) is 24.6 Å². The molecule has 0 aliphatic carbocycles. The third-order valence-electron chi connectivity index (χ3n) is 5.27. The molecule has 7 heteroatoms. The van der Waals surface area contributed by atoms with E-state index in [1.807, 2.05) is 70.3 Å². The summed E-state index contributed by atoms with van der Waals surface area (Å²) in [5.41, 5.74) is 2.75. The minimum Gasteiger partial charge on any atom is -0.457 e. The first-order valence-electron chi connectivity index (χ1n) is 9.76. The maximum absolute atomic E-state index is 5.92. The van der Waals surface area contributed by atoms with E-state index in [1.165, 1.54) is 0 Å². The van der Waals surface area contributed by atoms with Crippen LogP contribution in [0, 0.1) is 5.92 Å². The first-order chi connectivity index (χ1) is 14.3. The lowest BCUT2D eigenvalue weighted by Crippen LogP contribution is -2.19. The zero-order valence-corrected chi connectivity index (χ0v) is 16.0. The van der Waals surface area contributed by atoms with Gasteiger partial charge in [-0.3, -0.25) is 0 Å². The van der Waals surface area contributed by atoms with E-state index >= 15 is 0 Å². The molecule has 1 saturated heterocycles. The van der Waals surface area contributed by atoms with Gasteiger partial charge in [-0.1, -0.05) is 18.2 Å². The Bertz CT molecular complexity index is 1110. The average molecular weight is 381 g/mol. The van der Waals surface area contributed by atoms with Crippen LogP contribution < -0.4 is 4.74 Å². The largest absolute Gasteiger partial charge is 0.457 e. The summed E-state index contributed by atoms with van der Waals surface area (Å²) in [6, 6.07) is 17.7. The van der Waals surface area contributed by atoms with E-state index in [0.717, 1.165) is 59.8 Å². The molecule has 5 rings (SSSR count). The Morgan fingerprint density at radius 1 is 1.03 bits per heavy atom. The van der Waals surface area contributed by atoms with Crippen molar-refractivity contribution in [3.63, 3.8) is 0 Å². The minimum absolute atomic E-state index is 0.479. The summed E-state index contributed by atoms with van der Waals surface area (Å²) in [4.78, 5) is 10.6. The molecule has 1 aliphatic heterocycles. The maximum atomic E-state index is 5.92. The number of hydrogen-bond donors (Lipinski definition) is 0. The van der Waals surface area contributed by atoms with Crippen molar-refractivity contribution in [3.05, 3.63) is 67.1 Å². The van der Waals surface area contributed by atoms with Gasteiger partial charge in [0.15, 0.2) is 13.6 Å². The fourth-order valence-electron chi connectivity index (χ4n) is 3.82. The lowest BCUT2D eigenvalue weighted by atomic mass is 10.1. The normalized spacial score (nSPS) is 17.0. The van der Waals surface area contributed by atoms with Crippen LogP contribution >= 0.6 is 0 Å². The SMILES string of the molecule is [B]N1CC[C@@H](Cn2nc(-c3ccc(Oc4ccccc4)cc3)c3cncnc32)C1. The maximum Gasteiger partial charge on any atom is 0.182 e. The van der Waals surface area contributed by atoms with E-state index < -0.39 is 0 Å². The second-order valence-corrected chi connectivity index (χ2v) is 7.38. The Morgan fingerprint density at radius 2 is 1.83 bits per heavy atom. The van der Waals surface area contributed by atoms with Crippen LogP contribution in [0.2, 0.25) is 0 Å². The van der Waals surface area contributed by atoms with Gasteiger partial charge in [0, 0.05) is 18.3 Å². The highest BCUT2D eigenvalue weighted by molar-refractivity contribution is 6.04. The second-order valence-electron chi connectivity index (χ2n) is 7.38. The number of fused-ring (bicyclic) bond motifs is 1. The van der Waals surface area contributed by atoms with Gasteiger partial charge in [-0.15, -0.1) is 0 Å².